The Morgan fingerprint density at radius 2 is 1.44 bits per heavy atom. The molecule has 5 rings (SSSR count). The first kappa shape index (κ1) is 28.3. The third-order valence-electron chi connectivity index (χ3n) is 6.54. The minimum Gasteiger partial charge on any atom is -0.312 e. The van der Waals surface area contributed by atoms with Gasteiger partial charge in [-0.1, -0.05) is 64.5 Å². The first-order valence-electron chi connectivity index (χ1n) is 12.9. The van der Waals surface area contributed by atoms with Crippen molar-refractivity contribution in [3.8, 4) is 0 Å². The lowest BCUT2D eigenvalue weighted by Crippen LogP contribution is -2.27. The van der Waals surface area contributed by atoms with Gasteiger partial charge in [0.1, 0.15) is 11.0 Å². The lowest BCUT2D eigenvalue weighted by atomic mass is 10.00. The summed E-state index contributed by atoms with van der Waals surface area (Å²) in [5, 5.41) is 7.82. The van der Waals surface area contributed by atoms with E-state index in [0.29, 0.717) is 16.6 Å². The number of sulfone groups is 1. The first-order valence-corrected chi connectivity index (χ1v) is 15.5. The van der Waals surface area contributed by atoms with Crippen molar-refractivity contribution in [2.24, 2.45) is 5.92 Å². The van der Waals surface area contributed by atoms with Gasteiger partial charge >= 0.3 is 5.97 Å². The van der Waals surface area contributed by atoms with Crippen LogP contribution in [0.15, 0.2) is 107 Å². The molecule has 5 aromatic rings. The van der Waals surface area contributed by atoms with Crippen molar-refractivity contribution < 1.29 is 22.8 Å². The number of ketones is 1. The lowest BCUT2D eigenvalue weighted by molar-refractivity contribution is 0.0408. The molecular weight excluding hydrogens is 558 g/mol. The smallest absolute Gasteiger partial charge is 0.312 e. The van der Waals surface area contributed by atoms with Crippen LogP contribution in [0, 0.1) is 19.8 Å². The number of para-hydroxylation sites is 1. The van der Waals surface area contributed by atoms with E-state index >= 15 is 0 Å². The molecule has 0 radical (unpaired) electrons. The van der Waals surface area contributed by atoms with Gasteiger partial charge in [0.2, 0.25) is 0 Å². The Hall–Kier alpha value is -4.28. The number of carbonyl (C=O) groups excluding carboxylic acids is 2. The molecule has 0 aliphatic rings. The maximum atomic E-state index is 13.7. The SMILES string of the molecule is Cc1ccc(SCC(CS(=O)(=O)c2ccc(C)cc2)C(=O)c2ccc(C(=O)On3nnc4ccccc43)cc2)cc1. The number of rotatable bonds is 10. The van der Waals surface area contributed by atoms with Gasteiger partial charge < -0.3 is 4.84 Å². The molecule has 0 aliphatic carbocycles. The van der Waals surface area contributed by atoms with Gasteiger partial charge in [0.15, 0.2) is 15.6 Å². The third-order valence-corrected chi connectivity index (χ3v) is 9.55. The molecule has 0 spiro atoms. The van der Waals surface area contributed by atoms with Gasteiger partial charge in [0.25, 0.3) is 0 Å². The maximum Gasteiger partial charge on any atom is 0.365 e. The number of nitrogens with zero attached hydrogens (tertiary/aromatic N) is 3. The van der Waals surface area contributed by atoms with Crippen LogP contribution in [0.5, 0.6) is 0 Å². The molecule has 8 nitrogen and oxygen atoms in total. The van der Waals surface area contributed by atoms with Crippen LogP contribution in [0.25, 0.3) is 11.0 Å². The predicted molar refractivity (Wildman–Crippen MR) is 158 cm³/mol. The van der Waals surface area contributed by atoms with Crippen LogP contribution < -0.4 is 4.84 Å². The number of Topliss-reactive ketones (excluding diaryl/α,β-unsaturated/α-hetero) is 1. The summed E-state index contributed by atoms with van der Waals surface area (Å²) in [6.07, 6.45) is 0. The van der Waals surface area contributed by atoms with E-state index in [0.717, 1.165) is 20.9 Å². The highest BCUT2D eigenvalue weighted by Gasteiger charge is 2.28. The van der Waals surface area contributed by atoms with Crippen LogP contribution in [0.1, 0.15) is 31.8 Å². The quantitative estimate of drug-likeness (QED) is 0.122. The highest BCUT2D eigenvalue weighted by molar-refractivity contribution is 7.99. The molecule has 10 heteroatoms. The van der Waals surface area contributed by atoms with E-state index in [9.17, 15) is 18.0 Å². The molecule has 1 aromatic heterocycles. The Morgan fingerprint density at radius 1 is 0.829 bits per heavy atom. The average molecular weight is 586 g/mol. The molecule has 0 saturated heterocycles. The molecular formula is C31H27N3O5S2. The molecule has 4 aromatic carbocycles. The van der Waals surface area contributed by atoms with Crippen LogP contribution in [0.3, 0.4) is 0 Å². The Labute approximate surface area is 242 Å². The highest BCUT2D eigenvalue weighted by Crippen LogP contribution is 2.26. The summed E-state index contributed by atoms with van der Waals surface area (Å²) in [6.45, 7) is 3.87. The van der Waals surface area contributed by atoms with E-state index in [1.165, 1.54) is 36.0 Å². The van der Waals surface area contributed by atoms with Crippen LogP contribution >= 0.6 is 11.8 Å². The fourth-order valence-electron chi connectivity index (χ4n) is 4.19. The van der Waals surface area contributed by atoms with Gasteiger partial charge in [-0.2, -0.15) is 0 Å². The summed E-state index contributed by atoms with van der Waals surface area (Å²) >= 11 is 1.43. The van der Waals surface area contributed by atoms with Crippen LogP contribution in [-0.2, 0) is 9.84 Å². The van der Waals surface area contributed by atoms with Crippen molar-refractivity contribution >= 4 is 44.4 Å². The average Bonchev–Trinajstić information content (AvgIpc) is 3.38. The van der Waals surface area contributed by atoms with E-state index in [4.69, 9.17) is 4.84 Å². The second kappa shape index (κ2) is 12.1. The summed E-state index contributed by atoms with van der Waals surface area (Å²) in [7, 11) is -3.73. The lowest BCUT2D eigenvalue weighted by Gasteiger charge is -2.17. The van der Waals surface area contributed by atoms with Crippen molar-refractivity contribution in [2.75, 3.05) is 11.5 Å². The molecule has 208 valence electrons. The minimum atomic E-state index is -3.73. The van der Waals surface area contributed by atoms with Crippen LogP contribution in [-0.4, -0.2) is 46.8 Å². The Morgan fingerprint density at radius 3 is 2.12 bits per heavy atom. The van der Waals surface area contributed by atoms with Crippen molar-refractivity contribution in [2.45, 2.75) is 23.6 Å². The van der Waals surface area contributed by atoms with Crippen LogP contribution in [0.2, 0.25) is 0 Å². The number of aryl methyl sites for hydroxylation is 2. The van der Waals surface area contributed by atoms with Crippen molar-refractivity contribution in [1.82, 2.24) is 15.2 Å². The monoisotopic (exact) mass is 585 g/mol. The van der Waals surface area contributed by atoms with E-state index in [1.54, 1.807) is 48.5 Å². The summed E-state index contributed by atoms with van der Waals surface area (Å²) in [6, 6.07) is 27.5. The number of hydrogen-bond donors (Lipinski definition) is 0. The van der Waals surface area contributed by atoms with Gasteiger partial charge in [-0.25, -0.2) is 13.2 Å². The predicted octanol–water partition coefficient (Wildman–Crippen LogP) is 5.38. The highest BCUT2D eigenvalue weighted by atomic mass is 32.2. The molecule has 0 amide bonds. The number of benzene rings is 4. The van der Waals surface area contributed by atoms with E-state index in [1.807, 2.05) is 38.1 Å². The van der Waals surface area contributed by atoms with Gasteiger partial charge in [-0.3, -0.25) is 4.79 Å². The summed E-state index contributed by atoms with van der Waals surface area (Å²) in [4.78, 5) is 33.9. The maximum absolute atomic E-state index is 13.7. The molecule has 1 heterocycles. The summed E-state index contributed by atoms with van der Waals surface area (Å²) < 4.78 is 26.6. The fourth-order valence-corrected chi connectivity index (χ4v) is 6.87. The third kappa shape index (κ3) is 6.72. The van der Waals surface area contributed by atoms with Crippen molar-refractivity contribution in [1.29, 1.82) is 0 Å². The molecule has 0 fully saturated rings. The van der Waals surface area contributed by atoms with Crippen molar-refractivity contribution in [3.05, 3.63) is 119 Å². The summed E-state index contributed by atoms with van der Waals surface area (Å²) in [5.74, 6) is -1.87. The molecule has 1 unspecified atom stereocenters. The minimum absolute atomic E-state index is 0.181. The number of hydrogen-bond acceptors (Lipinski definition) is 8. The second-order valence-corrected chi connectivity index (χ2v) is 12.8. The molecule has 0 N–H and O–H groups in total. The zero-order chi connectivity index (χ0) is 29.0. The number of thioether (sulfide) groups is 1. The van der Waals surface area contributed by atoms with Gasteiger partial charge in [-0.05, 0) is 67.6 Å². The Kier molecular flexibility index (Phi) is 8.32. The molecule has 0 saturated carbocycles. The second-order valence-electron chi connectivity index (χ2n) is 9.69. The zero-order valence-electron chi connectivity index (χ0n) is 22.4. The van der Waals surface area contributed by atoms with Gasteiger partial charge in [-0.15, -0.1) is 16.9 Å². The van der Waals surface area contributed by atoms with E-state index in [-0.39, 0.29) is 27.7 Å². The first-order chi connectivity index (χ1) is 19.7. The topological polar surface area (TPSA) is 108 Å². The Balaban J connectivity index is 1.35. The summed E-state index contributed by atoms with van der Waals surface area (Å²) in [5.41, 5.74) is 3.69. The largest absolute Gasteiger partial charge is 0.365 e. The molecule has 0 bridgehead atoms. The molecule has 0 aliphatic heterocycles. The Bertz CT molecular complexity index is 1800. The van der Waals surface area contributed by atoms with Crippen LogP contribution in [0.4, 0.5) is 0 Å². The normalized spacial score (nSPS) is 12.2. The standard InChI is InChI=1S/C31H27N3O5S2/c1-21-7-15-26(16-8-21)40-19-25(20-41(37,38)27-17-9-22(2)10-18-27)30(35)23-11-13-24(14-12-23)31(36)39-34-29-6-4-3-5-28(29)32-33-34/h3-18,25H,19-20H2,1-2H3. The number of carbonyl (C=O) groups is 2. The fraction of sp³-hybridized carbons (Fsp3) is 0.161. The molecule has 41 heavy (non-hydrogen) atoms. The zero-order valence-corrected chi connectivity index (χ0v) is 24.1. The molecule has 1 atom stereocenters. The van der Waals surface area contributed by atoms with E-state index < -0.39 is 21.7 Å². The number of fused-ring (bicyclic) bond motifs is 1. The van der Waals surface area contributed by atoms with Gasteiger partial charge in [0.05, 0.1) is 16.2 Å². The van der Waals surface area contributed by atoms with Gasteiger partial charge in [0, 0.05) is 22.1 Å². The van der Waals surface area contributed by atoms with Crippen molar-refractivity contribution in [3.63, 3.8) is 0 Å². The van der Waals surface area contributed by atoms with E-state index in [2.05, 4.69) is 10.3 Å². The number of aromatic nitrogens is 3.